The van der Waals surface area contributed by atoms with Gasteiger partial charge in [-0.25, -0.2) is 0 Å². The summed E-state index contributed by atoms with van der Waals surface area (Å²) in [6.07, 6.45) is 2.50. The van der Waals surface area contributed by atoms with Crippen LogP contribution in [-0.2, 0) is 9.47 Å². The van der Waals surface area contributed by atoms with Gasteiger partial charge < -0.3 is 25.0 Å². The van der Waals surface area contributed by atoms with Gasteiger partial charge in [-0.2, -0.15) is 0 Å². The van der Waals surface area contributed by atoms with Crippen LogP contribution in [-0.4, -0.2) is 62.9 Å². The average molecular weight is 251 g/mol. The molecule has 0 rings (SSSR count). The van der Waals surface area contributed by atoms with Crippen molar-refractivity contribution >= 4 is 0 Å². The molecule has 0 bridgehead atoms. The third kappa shape index (κ3) is 25.8. The molecule has 0 aliphatic heterocycles. The topological polar surface area (TPSA) is 71.0 Å². The zero-order chi connectivity index (χ0) is 13.2. The normalized spacial score (nSPS) is 9.88. The van der Waals surface area contributed by atoms with Crippen molar-refractivity contribution in [3.05, 3.63) is 0 Å². The first-order valence-corrected chi connectivity index (χ1v) is 6.41. The van der Waals surface area contributed by atoms with Crippen LogP contribution in [0.2, 0.25) is 0 Å². The van der Waals surface area contributed by atoms with Crippen molar-refractivity contribution in [1.29, 1.82) is 0 Å². The number of hydrogen-bond acceptors (Lipinski definition) is 5. The molecule has 0 aromatic heterocycles. The third-order valence-electron chi connectivity index (χ3n) is 1.70. The fraction of sp³-hybridized carbons (Fsp3) is 1.00. The highest BCUT2D eigenvalue weighted by molar-refractivity contribution is 4.39. The van der Waals surface area contributed by atoms with Crippen molar-refractivity contribution < 1.29 is 19.7 Å². The van der Waals surface area contributed by atoms with Crippen molar-refractivity contribution in [3.63, 3.8) is 0 Å². The molecule has 0 amide bonds. The van der Waals surface area contributed by atoms with Crippen LogP contribution in [0, 0.1) is 0 Å². The smallest absolute Gasteiger partial charge is 0.0701 e. The molecule has 0 aromatic rings. The Morgan fingerprint density at radius 1 is 0.765 bits per heavy atom. The Kier molecular flexibility index (Phi) is 23.8. The Bertz CT molecular complexity index is 103. The molecule has 0 unspecified atom stereocenters. The van der Waals surface area contributed by atoms with Crippen LogP contribution < -0.4 is 5.32 Å². The molecular weight excluding hydrogens is 222 g/mol. The van der Waals surface area contributed by atoms with E-state index in [-0.39, 0.29) is 13.2 Å². The van der Waals surface area contributed by atoms with Gasteiger partial charge in [0.2, 0.25) is 0 Å². The lowest BCUT2D eigenvalue weighted by molar-refractivity contribution is 0.0222. The summed E-state index contributed by atoms with van der Waals surface area (Å²) in [6, 6.07) is 0. The van der Waals surface area contributed by atoms with Crippen LogP contribution in [0.4, 0.5) is 0 Å². The number of aliphatic hydroxyl groups excluding tert-OH is 2. The molecule has 5 heteroatoms. The highest BCUT2D eigenvalue weighted by Crippen LogP contribution is 1.76. The summed E-state index contributed by atoms with van der Waals surface area (Å²) >= 11 is 0. The van der Waals surface area contributed by atoms with Gasteiger partial charge in [-0.1, -0.05) is 13.8 Å². The second-order valence-corrected chi connectivity index (χ2v) is 3.42. The first kappa shape index (κ1) is 19.1. The number of ether oxygens (including phenoxy) is 2. The molecule has 0 atom stereocenters. The second kappa shape index (κ2) is 21.1. The second-order valence-electron chi connectivity index (χ2n) is 3.42. The van der Waals surface area contributed by atoms with Gasteiger partial charge in [-0.15, -0.1) is 0 Å². The number of nitrogens with one attached hydrogen (secondary N) is 1. The van der Waals surface area contributed by atoms with Crippen LogP contribution in [0.15, 0.2) is 0 Å². The molecule has 0 aliphatic rings. The summed E-state index contributed by atoms with van der Waals surface area (Å²) in [4.78, 5) is 0. The van der Waals surface area contributed by atoms with Crippen molar-refractivity contribution in [2.45, 2.75) is 26.7 Å². The predicted octanol–water partition coefficient (Wildman–Crippen LogP) is 0.400. The summed E-state index contributed by atoms with van der Waals surface area (Å²) in [6.45, 7) is 8.44. The molecule has 3 N–H and O–H groups in total. The maximum absolute atomic E-state index is 8.26. The lowest BCUT2D eigenvalue weighted by Gasteiger charge is -2.01. The maximum Gasteiger partial charge on any atom is 0.0701 e. The van der Waals surface area contributed by atoms with Crippen molar-refractivity contribution in [2.24, 2.45) is 0 Å². The molecule has 0 spiro atoms. The molecule has 106 valence electrons. The van der Waals surface area contributed by atoms with Gasteiger partial charge in [0.05, 0.1) is 39.6 Å². The van der Waals surface area contributed by atoms with Gasteiger partial charge >= 0.3 is 0 Å². The van der Waals surface area contributed by atoms with E-state index in [0.29, 0.717) is 26.4 Å². The number of hydrogen-bond donors (Lipinski definition) is 3. The highest BCUT2D eigenvalue weighted by atomic mass is 16.5. The molecule has 0 fully saturated rings. The number of aliphatic hydroxyl groups is 2. The monoisotopic (exact) mass is 251 g/mol. The van der Waals surface area contributed by atoms with Gasteiger partial charge in [0.15, 0.2) is 0 Å². The summed E-state index contributed by atoms with van der Waals surface area (Å²) in [5, 5.41) is 19.8. The summed E-state index contributed by atoms with van der Waals surface area (Å²) < 4.78 is 9.75. The van der Waals surface area contributed by atoms with E-state index >= 15 is 0 Å². The summed E-state index contributed by atoms with van der Waals surface area (Å²) in [5.41, 5.74) is 0. The Morgan fingerprint density at radius 2 is 1.18 bits per heavy atom. The SMILES string of the molecule is CCCNCCC.OCCOCCOCCO. The largest absolute Gasteiger partial charge is 0.394 e. The molecule has 0 aromatic carbocycles. The van der Waals surface area contributed by atoms with E-state index in [2.05, 4.69) is 19.2 Å². The molecular formula is C12H29NO4. The van der Waals surface area contributed by atoms with Crippen molar-refractivity contribution in [1.82, 2.24) is 5.32 Å². The average Bonchev–Trinajstić information content (AvgIpc) is 2.35. The first-order chi connectivity index (χ1) is 8.33. The zero-order valence-electron chi connectivity index (χ0n) is 11.3. The van der Waals surface area contributed by atoms with E-state index in [1.807, 2.05) is 0 Å². The first-order valence-electron chi connectivity index (χ1n) is 6.41. The van der Waals surface area contributed by atoms with Gasteiger partial charge in [0.25, 0.3) is 0 Å². The van der Waals surface area contributed by atoms with Crippen LogP contribution in [0.5, 0.6) is 0 Å². The minimum Gasteiger partial charge on any atom is -0.394 e. The number of rotatable bonds is 11. The summed E-state index contributed by atoms with van der Waals surface area (Å²) in [7, 11) is 0. The van der Waals surface area contributed by atoms with Gasteiger partial charge in [-0.05, 0) is 25.9 Å². The molecule has 0 saturated carbocycles. The van der Waals surface area contributed by atoms with E-state index in [1.54, 1.807) is 0 Å². The van der Waals surface area contributed by atoms with Gasteiger partial charge in [0.1, 0.15) is 0 Å². The molecule has 0 heterocycles. The van der Waals surface area contributed by atoms with E-state index in [0.717, 1.165) is 0 Å². The Balaban J connectivity index is 0. The van der Waals surface area contributed by atoms with Crippen LogP contribution in [0.3, 0.4) is 0 Å². The van der Waals surface area contributed by atoms with Crippen LogP contribution >= 0.6 is 0 Å². The molecule has 17 heavy (non-hydrogen) atoms. The maximum atomic E-state index is 8.26. The van der Waals surface area contributed by atoms with Crippen molar-refractivity contribution in [3.8, 4) is 0 Å². The minimum atomic E-state index is 0.0417. The van der Waals surface area contributed by atoms with E-state index in [9.17, 15) is 0 Å². The van der Waals surface area contributed by atoms with Crippen LogP contribution in [0.1, 0.15) is 26.7 Å². The lowest BCUT2D eigenvalue weighted by Crippen LogP contribution is -2.14. The Labute approximate surface area is 105 Å². The van der Waals surface area contributed by atoms with Gasteiger partial charge in [0, 0.05) is 0 Å². The van der Waals surface area contributed by atoms with Crippen LogP contribution in [0.25, 0.3) is 0 Å². The molecule has 0 saturated heterocycles. The molecule has 0 aliphatic carbocycles. The Hall–Kier alpha value is -0.200. The highest BCUT2D eigenvalue weighted by Gasteiger charge is 1.86. The fourth-order valence-electron chi connectivity index (χ4n) is 0.930. The van der Waals surface area contributed by atoms with E-state index in [4.69, 9.17) is 19.7 Å². The summed E-state index contributed by atoms with van der Waals surface area (Å²) in [5.74, 6) is 0. The fourth-order valence-corrected chi connectivity index (χ4v) is 0.930. The quantitative estimate of drug-likeness (QED) is 0.464. The zero-order valence-corrected chi connectivity index (χ0v) is 11.3. The lowest BCUT2D eigenvalue weighted by atomic mass is 10.4. The van der Waals surface area contributed by atoms with E-state index < -0.39 is 0 Å². The Morgan fingerprint density at radius 3 is 1.47 bits per heavy atom. The third-order valence-corrected chi connectivity index (χ3v) is 1.70. The van der Waals surface area contributed by atoms with Crippen molar-refractivity contribution in [2.75, 3.05) is 52.7 Å². The molecule has 0 radical (unpaired) electrons. The molecule has 5 nitrogen and oxygen atoms in total. The van der Waals surface area contributed by atoms with Gasteiger partial charge in [-0.3, -0.25) is 0 Å². The predicted molar refractivity (Wildman–Crippen MR) is 69.3 cm³/mol. The standard InChI is InChI=1S/C6H15N.C6H14O4/c1-3-5-7-6-4-2;7-1-3-9-5-6-10-4-2-8/h7H,3-6H2,1-2H3;7-8H,1-6H2. The van der Waals surface area contributed by atoms with E-state index in [1.165, 1.54) is 25.9 Å². The minimum absolute atomic E-state index is 0.0417.